The highest BCUT2D eigenvalue weighted by atomic mass is 32.3. The first-order chi connectivity index (χ1) is 17.7. The summed E-state index contributed by atoms with van der Waals surface area (Å²) in [6.45, 7) is 12.4. The summed E-state index contributed by atoms with van der Waals surface area (Å²) >= 11 is 0. The zero-order chi connectivity index (χ0) is 28.0. The summed E-state index contributed by atoms with van der Waals surface area (Å²) in [5.74, 6) is 0. The molecule has 8 heteroatoms. The minimum atomic E-state index is -5.03. The molecule has 0 bridgehead atoms. The van der Waals surface area contributed by atoms with E-state index in [2.05, 4.69) is 65.8 Å². The molecule has 0 saturated heterocycles. The Morgan fingerprint density at radius 3 is 1.39 bits per heavy atom. The smallest absolute Gasteiger partial charge is 0.219 e. The van der Waals surface area contributed by atoms with Gasteiger partial charge < -0.3 is 0 Å². The average Bonchev–Trinajstić information content (AvgIpc) is 2.81. The molecule has 0 radical (unpaired) electrons. The van der Waals surface area contributed by atoms with E-state index in [4.69, 9.17) is 0 Å². The van der Waals surface area contributed by atoms with Gasteiger partial charge >= 0.3 is 10.2 Å². The molecule has 0 amide bonds. The van der Waals surface area contributed by atoms with Crippen molar-refractivity contribution in [3.05, 3.63) is 106 Å². The average molecular weight is 549 g/mol. The molecule has 0 atom stereocenters. The number of benzene rings is 4. The summed E-state index contributed by atoms with van der Waals surface area (Å²) in [6.07, 6.45) is 0. The number of hydrogen-bond donors (Lipinski definition) is 0. The fourth-order valence-electron chi connectivity index (χ4n) is 5.54. The van der Waals surface area contributed by atoms with Crippen molar-refractivity contribution >= 4 is 43.2 Å². The van der Waals surface area contributed by atoms with Gasteiger partial charge in [-0.15, -0.1) is 3.89 Å². The van der Waals surface area contributed by atoms with E-state index in [0.29, 0.717) is 0 Å². The number of hydrogen-bond acceptors (Lipinski definition) is 4. The molecule has 4 rings (SSSR count). The summed E-state index contributed by atoms with van der Waals surface area (Å²) in [7, 11) is -9.10. The van der Waals surface area contributed by atoms with E-state index < -0.39 is 25.0 Å². The second-order valence-electron chi connectivity index (χ2n) is 10.0. The van der Waals surface area contributed by atoms with Crippen LogP contribution in [0, 0.1) is 41.5 Å². The van der Waals surface area contributed by atoms with Crippen LogP contribution < -0.4 is 16.4 Å². The summed E-state index contributed by atoms with van der Waals surface area (Å²) in [5, 5.41) is 0. The van der Waals surface area contributed by atoms with Crippen LogP contribution in [0.25, 0.3) is 0 Å². The third kappa shape index (κ3) is 5.33. The first-order valence-electron chi connectivity index (χ1n) is 12.3. The van der Waals surface area contributed by atoms with Crippen LogP contribution in [0.3, 0.4) is 0 Å². The maximum atomic E-state index is 13.5. The van der Waals surface area contributed by atoms with Crippen molar-refractivity contribution in [2.45, 2.75) is 56.2 Å². The van der Waals surface area contributed by atoms with Gasteiger partial charge in [0.25, 0.3) is 0 Å². The normalized spacial score (nSPS) is 12.0. The Labute approximate surface area is 225 Å². The summed E-state index contributed by atoms with van der Waals surface area (Å²) in [5.41, 5.74) is 10.3. The molecule has 0 unspecified atom stereocenters. The van der Waals surface area contributed by atoms with Gasteiger partial charge in [0.05, 0.1) is 14.7 Å². The molecule has 0 aliphatic heterocycles. The molecular weight excluding hydrogens is 518 g/mol. The van der Waals surface area contributed by atoms with Crippen molar-refractivity contribution < 1.29 is 20.7 Å². The van der Waals surface area contributed by atoms with E-state index in [1.165, 1.54) is 46.3 Å². The molecule has 0 aliphatic rings. The molecule has 0 aromatic heterocycles. The molecule has 0 spiro atoms. The number of sulfone groups is 1. The Balaban J connectivity index is 1.89. The first-order valence-corrected chi connectivity index (χ1v) is 15.1. The molecule has 38 heavy (non-hydrogen) atoms. The third-order valence-corrected chi connectivity index (χ3v) is 9.56. The Morgan fingerprint density at radius 2 is 0.974 bits per heavy atom. The molecular formula is C30H30BFO4S2. The zero-order valence-corrected chi connectivity index (χ0v) is 24.0. The van der Waals surface area contributed by atoms with Crippen LogP contribution in [0.5, 0.6) is 0 Å². The van der Waals surface area contributed by atoms with E-state index in [9.17, 15) is 20.7 Å². The second kappa shape index (κ2) is 10.2. The van der Waals surface area contributed by atoms with Gasteiger partial charge in [0.15, 0.2) is 0 Å². The molecule has 4 aromatic carbocycles. The molecule has 0 saturated carbocycles. The lowest BCUT2D eigenvalue weighted by Crippen LogP contribution is -2.55. The second-order valence-corrected chi connectivity index (χ2v) is 13.3. The maximum absolute atomic E-state index is 13.5. The first kappa shape index (κ1) is 27.8. The van der Waals surface area contributed by atoms with Crippen molar-refractivity contribution in [2.75, 3.05) is 0 Å². The molecule has 4 nitrogen and oxygen atoms in total. The minimum absolute atomic E-state index is 0.00288. The minimum Gasteiger partial charge on any atom is -0.219 e. The van der Waals surface area contributed by atoms with Crippen molar-refractivity contribution in [1.29, 1.82) is 0 Å². The highest BCUT2D eigenvalue weighted by Gasteiger charge is 2.29. The van der Waals surface area contributed by atoms with Crippen LogP contribution in [0.2, 0.25) is 0 Å². The fourth-order valence-corrected chi connectivity index (χ4v) is 7.43. The van der Waals surface area contributed by atoms with Crippen LogP contribution in [0.4, 0.5) is 3.89 Å². The number of halogens is 1. The fraction of sp³-hybridized carbons (Fsp3) is 0.200. The lowest BCUT2D eigenvalue weighted by Gasteiger charge is -2.24. The van der Waals surface area contributed by atoms with Crippen molar-refractivity contribution in [3.63, 3.8) is 0 Å². The van der Waals surface area contributed by atoms with E-state index in [1.54, 1.807) is 0 Å². The lowest BCUT2D eigenvalue weighted by molar-refractivity contribution is 0.552. The molecule has 0 heterocycles. The maximum Gasteiger partial charge on any atom is 0.332 e. The van der Waals surface area contributed by atoms with Gasteiger partial charge in [-0.25, -0.2) is 8.42 Å². The Bertz CT molecular complexity index is 1660. The molecule has 4 aromatic rings. The van der Waals surface area contributed by atoms with Crippen molar-refractivity contribution in [1.82, 2.24) is 0 Å². The predicted molar refractivity (Wildman–Crippen MR) is 153 cm³/mol. The SMILES string of the molecule is Cc1cc(C)c(B(c2ccc(S(=O)(=O)c3cccc(S(=O)(=O)F)c3)cc2)c2c(C)cc(C)cc2C)c(C)c1. The van der Waals surface area contributed by atoms with Gasteiger partial charge in [0, 0.05) is 0 Å². The molecule has 196 valence electrons. The highest BCUT2D eigenvalue weighted by Crippen LogP contribution is 2.24. The van der Waals surface area contributed by atoms with Crippen molar-refractivity contribution in [3.8, 4) is 0 Å². The largest absolute Gasteiger partial charge is 0.332 e. The number of rotatable bonds is 6. The molecule has 0 N–H and O–H groups in total. The van der Waals surface area contributed by atoms with E-state index in [0.717, 1.165) is 39.8 Å². The summed E-state index contributed by atoms with van der Waals surface area (Å²) in [6, 6.07) is 19.7. The number of aryl methyl sites for hydroxylation is 6. The monoisotopic (exact) mass is 548 g/mol. The lowest BCUT2D eigenvalue weighted by atomic mass is 9.34. The molecule has 0 fully saturated rings. The molecule has 0 aliphatic carbocycles. The van der Waals surface area contributed by atoms with Gasteiger partial charge in [0.2, 0.25) is 16.6 Å². The van der Waals surface area contributed by atoms with Crippen LogP contribution >= 0.6 is 0 Å². The zero-order valence-electron chi connectivity index (χ0n) is 22.3. The standard InChI is InChI=1S/C30H30BFO4S2/c1-19-14-21(3)29(22(4)15-19)31(30-23(5)16-20(2)17-24(30)6)25-10-12-26(13-11-25)37(33,34)27-8-7-9-28(18-27)38(32,35)36/h7-18H,1-6H3. The quantitative estimate of drug-likeness (QED) is 0.262. The summed E-state index contributed by atoms with van der Waals surface area (Å²) < 4.78 is 62.8. The van der Waals surface area contributed by atoms with Crippen LogP contribution in [0.1, 0.15) is 33.4 Å². The predicted octanol–water partition coefficient (Wildman–Crippen LogP) is 4.54. The Hall–Kier alpha value is -3.23. The Kier molecular flexibility index (Phi) is 7.43. The van der Waals surface area contributed by atoms with Crippen LogP contribution in [-0.2, 0) is 20.1 Å². The van der Waals surface area contributed by atoms with Crippen molar-refractivity contribution in [2.24, 2.45) is 0 Å². The summed E-state index contributed by atoms with van der Waals surface area (Å²) in [4.78, 5) is -0.968. The van der Waals surface area contributed by atoms with Gasteiger partial charge in [0.1, 0.15) is 0 Å². The van der Waals surface area contributed by atoms with Gasteiger partial charge in [-0.2, -0.15) is 8.42 Å². The van der Waals surface area contributed by atoms with E-state index in [1.807, 2.05) is 12.1 Å². The van der Waals surface area contributed by atoms with Crippen LogP contribution in [-0.4, -0.2) is 23.5 Å². The van der Waals surface area contributed by atoms with Gasteiger partial charge in [-0.05, 0) is 71.9 Å². The van der Waals surface area contributed by atoms with Gasteiger partial charge in [-0.3, -0.25) is 0 Å². The Morgan fingerprint density at radius 1 is 0.553 bits per heavy atom. The highest BCUT2D eigenvalue weighted by molar-refractivity contribution is 7.91. The van der Waals surface area contributed by atoms with Gasteiger partial charge in [-0.1, -0.05) is 92.2 Å². The van der Waals surface area contributed by atoms with E-state index >= 15 is 0 Å². The van der Waals surface area contributed by atoms with E-state index in [-0.39, 0.29) is 16.5 Å². The van der Waals surface area contributed by atoms with Crippen LogP contribution in [0.15, 0.2) is 87.5 Å². The topological polar surface area (TPSA) is 68.3 Å². The third-order valence-electron chi connectivity index (χ3n) is 6.97.